The lowest BCUT2D eigenvalue weighted by Crippen LogP contribution is -2.22. The zero-order valence-electron chi connectivity index (χ0n) is 9.77. The molecule has 2 aromatic rings. The van der Waals surface area contributed by atoms with Crippen LogP contribution in [0.25, 0.3) is 10.9 Å². The first kappa shape index (κ1) is 10.9. The van der Waals surface area contributed by atoms with E-state index in [9.17, 15) is 9.59 Å². The summed E-state index contributed by atoms with van der Waals surface area (Å²) < 4.78 is 0. The summed E-state index contributed by atoms with van der Waals surface area (Å²) in [4.78, 5) is 27.8. The highest BCUT2D eigenvalue weighted by molar-refractivity contribution is 6.08. The zero-order valence-corrected chi connectivity index (χ0v) is 9.77. The molecule has 2 N–H and O–H groups in total. The molecular formula is C14H12N2O2. The summed E-state index contributed by atoms with van der Waals surface area (Å²) in [5.74, 6) is -0.346. The molecule has 1 aliphatic carbocycles. The highest BCUT2D eigenvalue weighted by Gasteiger charge is 2.24. The molecule has 0 aliphatic heterocycles. The summed E-state index contributed by atoms with van der Waals surface area (Å²) in [7, 11) is 0. The summed E-state index contributed by atoms with van der Waals surface area (Å²) in [6, 6.07) is 7.40. The lowest BCUT2D eigenvalue weighted by molar-refractivity contribution is -0.118. The van der Waals surface area contributed by atoms with Crippen molar-refractivity contribution in [2.75, 3.05) is 0 Å². The van der Waals surface area contributed by atoms with E-state index in [1.807, 2.05) is 24.3 Å². The molecule has 4 heteroatoms. The molecular weight excluding hydrogens is 228 g/mol. The number of nitrogens with two attached hydrogens (primary N) is 1. The molecule has 0 bridgehead atoms. The van der Waals surface area contributed by atoms with Crippen LogP contribution in [0.2, 0.25) is 0 Å². The third kappa shape index (κ3) is 1.57. The quantitative estimate of drug-likeness (QED) is 0.818. The van der Waals surface area contributed by atoms with Crippen molar-refractivity contribution in [3.8, 4) is 0 Å². The first-order valence-electron chi connectivity index (χ1n) is 5.89. The number of rotatable bonds is 1. The fourth-order valence-electron chi connectivity index (χ4n) is 2.52. The maximum atomic E-state index is 11.7. The SMILES string of the molecule is NC(=O)c1c2c(nc3ccccc13)CCC(=O)C2. The van der Waals surface area contributed by atoms with Crippen LogP contribution < -0.4 is 5.73 Å². The van der Waals surface area contributed by atoms with E-state index in [2.05, 4.69) is 4.98 Å². The molecule has 1 heterocycles. The van der Waals surface area contributed by atoms with Gasteiger partial charge in [-0.25, -0.2) is 0 Å². The minimum Gasteiger partial charge on any atom is -0.366 e. The van der Waals surface area contributed by atoms with Gasteiger partial charge in [0.05, 0.1) is 11.1 Å². The van der Waals surface area contributed by atoms with Crippen LogP contribution in [-0.2, 0) is 17.6 Å². The molecule has 3 rings (SSSR count). The average Bonchev–Trinajstić information content (AvgIpc) is 2.35. The van der Waals surface area contributed by atoms with E-state index < -0.39 is 5.91 Å². The van der Waals surface area contributed by atoms with E-state index in [0.717, 1.165) is 22.2 Å². The van der Waals surface area contributed by atoms with Gasteiger partial charge < -0.3 is 5.73 Å². The number of amides is 1. The number of nitrogens with zero attached hydrogens (tertiary/aromatic N) is 1. The topological polar surface area (TPSA) is 73.1 Å². The normalized spacial score (nSPS) is 14.6. The van der Waals surface area contributed by atoms with Crippen LogP contribution in [0, 0.1) is 0 Å². The molecule has 1 amide bonds. The molecule has 0 spiro atoms. The molecule has 0 radical (unpaired) electrons. The Hall–Kier alpha value is -2.23. The van der Waals surface area contributed by atoms with Crippen LogP contribution in [0.3, 0.4) is 0 Å². The maximum Gasteiger partial charge on any atom is 0.249 e. The van der Waals surface area contributed by atoms with Gasteiger partial charge in [-0.1, -0.05) is 18.2 Å². The lowest BCUT2D eigenvalue weighted by Gasteiger charge is -2.18. The van der Waals surface area contributed by atoms with Crippen LogP contribution in [0.15, 0.2) is 24.3 Å². The molecule has 18 heavy (non-hydrogen) atoms. The summed E-state index contributed by atoms with van der Waals surface area (Å²) >= 11 is 0. The van der Waals surface area contributed by atoms with Gasteiger partial charge in [-0.3, -0.25) is 14.6 Å². The fraction of sp³-hybridized carbons (Fsp3) is 0.214. The van der Waals surface area contributed by atoms with Crippen LogP contribution in [0.4, 0.5) is 0 Å². The van der Waals surface area contributed by atoms with E-state index in [1.165, 1.54) is 0 Å². The Morgan fingerprint density at radius 1 is 1.22 bits per heavy atom. The number of carbonyl (C=O) groups excluding carboxylic acids is 2. The number of fused-ring (bicyclic) bond motifs is 2. The maximum absolute atomic E-state index is 11.7. The number of pyridine rings is 1. The monoisotopic (exact) mass is 240 g/mol. The average molecular weight is 240 g/mol. The Morgan fingerprint density at radius 3 is 2.78 bits per heavy atom. The van der Waals surface area contributed by atoms with Gasteiger partial charge in [0.25, 0.3) is 0 Å². The Morgan fingerprint density at radius 2 is 2.00 bits per heavy atom. The number of hydrogen-bond acceptors (Lipinski definition) is 3. The van der Waals surface area contributed by atoms with E-state index in [0.29, 0.717) is 18.4 Å². The predicted octanol–water partition coefficient (Wildman–Crippen LogP) is 1.39. The first-order chi connectivity index (χ1) is 8.66. The van der Waals surface area contributed by atoms with Gasteiger partial charge in [-0.2, -0.15) is 0 Å². The van der Waals surface area contributed by atoms with E-state index in [1.54, 1.807) is 0 Å². The number of Topliss-reactive ketones (excluding diaryl/α,β-unsaturated/α-hetero) is 1. The number of hydrogen-bond donors (Lipinski definition) is 1. The summed E-state index contributed by atoms with van der Waals surface area (Å²) in [5, 5.41) is 0.735. The van der Waals surface area contributed by atoms with Gasteiger partial charge in [-0.05, 0) is 18.1 Å². The highest BCUT2D eigenvalue weighted by Crippen LogP contribution is 2.27. The number of benzene rings is 1. The van der Waals surface area contributed by atoms with Crippen molar-refractivity contribution < 1.29 is 9.59 Å². The summed E-state index contributed by atoms with van der Waals surface area (Å²) in [6.45, 7) is 0. The van der Waals surface area contributed by atoms with E-state index in [4.69, 9.17) is 5.73 Å². The van der Waals surface area contributed by atoms with Crippen LogP contribution in [0.1, 0.15) is 28.0 Å². The molecule has 0 unspecified atom stereocenters. The fourth-order valence-corrected chi connectivity index (χ4v) is 2.52. The summed E-state index contributed by atoms with van der Waals surface area (Å²) in [5.41, 5.74) is 8.25. The number of aromatic nitrogens is 1. The first-order valence-corrected chi connectivity index (χ1v) is 5.89. The van der Waals surface area contributed by atoms with Crippen molar-refractivity contribution in [1.29, 1.82) is 0 Å². The van der Waals surface area contributed by atoms with Gasteiger partial charge in [0.1, 0.15) is 5.78 Å². The minimum absolute atomic E-state index is 0.141. The third-order valence-corrected chi connectivity index (χ3v) is 3.34. The van der Waals surface area contributed by atoms with Crippen LogP contribution in [0.5, 0.6) is 0 Å². The zero-order chi connectivity index (χ0) is 12.7. The van der Waals surface area contributed by atoms with Crippen molar-refractivity contribution in [1.82, 2.24) is 4.98 Å². The van der Waals surface area contributed by atoms with Gasteiger partial charge in [0.15, 0.2) is 0 Å². The molecule has 90 valence electrons. The minimum atomic E-state index is -0.487. The lowest BCUT2D eigenvalue weighted by atomic mass is 9.89. The highest BCUT2D eigenvalue weighted by atomic mass is 16.1. The Balaban J connectivity index is 2.39. The second-order valence-corrected chi connectivity index (χ2v) is 4.51. The Kier molecular flexibility index (Phi) is 2.37. The number of aryl methyl sites for hydroxylation is 1. The van der Waals surface area contributed by atoms with E-state index >= 15 is 0 Å². The van der Waals surface area contributed by atoms with Crippen molar-refractivity contribution in [2.24, 2.45) is 5.73 Å². The van der Waals surface area contributed by atoms with E-state index in [-0.39, 0.29) is 12.2 Å². The molecule has 0 saturated carbocycles. The van der Waals surface area contributed by atoms with Gasteiger partial charge in [0, 0.05) is 23.9 Å². The molecule has 0 atom stereocenters. The molecule has 4 nitrogen and oxygen atoms in total. The smallest absolute Gasteiger partial charge is 0.249 e. The molecule has 1 aliphatic rings. The number of primary amides is 1. The molecule has 0 fully saturated rings. The van der Waals surface area contributed by atoms with Gasteiger partial charge >= 0.3 is 0 Å². The van der Waals surface area contributed by atoms with Crippen molar-refractivity contribution in [3.05, 3.63) is 41.1 Å². The number of ketones is 1. The number of para-hydroxylation sites is 1. The second-order valence-electron chi connectivity index (χ2n) is 4.51. The summed E-state index contributed by atoms with van der Waals surface area (Å²) in [6.07, 6.45) is 1.36. The van der Waals surface area contributed by atoms with Gasteiger partial charge in [-0.15, -0.1) is 0 Å². The Bertz CT molecular complexity index is 677. The predicted molar refractivity (Wildman–Crippen MR) is 67.3 cm³/mol. The third-order valence-electron chi connectivity index (χ3n) is 3.34. The molecule has 0 saturated heterocycles. The Labute approximate surface area is 104 Å². The molecule has 1 aromatic carbocycles. The molecule has 1 aromatic heterocycles. The standard InChI is InChI=1S/C14H12N2O2/c15-14(18)13-9-3-1-2-4-11(9)16-12-6-5-8(17)7-10(12)13/h1-4H,5-7H2,(H2,15,18). The number of carbonyl (C=O) groups is 2. The van der Waals surface area contributed by atoms with Crippen LogP contribution in [-0.4, -0.2) is 16.7 Å². The van der Waals surface area contributed by atoms with Crippen molar-refractivity contribution >= 4 is 22.6 Å². The largest absolute Gasteiger partial charge is 0.366 e. The van der Waals surface area contributed by atoms with Crippen molar-refractivity contribution in [3.63, 3.8) is 0 Å². The van der Waals surface area contributed by atoms with Gasteiger partial charge in [0.2, 0.25) is 5.91 Å². The second kappa shape index (κ2) is 3.91. The van der Waals surface area contributed by atoms with Crippen molar-refractivity contribution in [2.45, 2.75) is 19.3 Å². The van der Waals surface area contributed by atoms with Crippen LogP contribution >= 0.6 is 0 Å².